The van der Waals surface area contributed by atoms with Crippen LogP contribution in [0.4, 0.5) is 8.78 Å². The van der Waals surface area contributed by atoms with Crippen molar-refractivity contribution < 1.29 is 8.78 Å². The molecule has 0 aromatic carbocycles. The average molecular weight is 188 g/mol. The Morgan fingerprint density at radius 2 is 1.85 bits per heavy atom. The lowest BCUT2D eigenvalue weighted by Crippen LogP contribution is -2.12. The Bertz CT molecular complexity index is 163. The molecular weight excluding hydrogens is 170 g/mol. The molecule has 0 aromatic rings. The molecule has 0 atom stereocenters. The van der Waals surface area contributed by atoms with E-state index in [2.05, 4.69) is 6.92 Å². The highest BCUT2D eigenvalue weighted by Crippen LogP contribution is 2.32. The second-order valence-corrected chi connectivity index (χ2v) is 4.03. The zero-order valence-corrected chi connectivity index (χ0v) is 8.23. The SMILES string of the molecule is CCCC1CCC(C=C(F)F)CC1. The third kappa shape index (κ3) is 3.88. The topological polar surface area (TPSA) is 0 Å². The molecule has 0 unspecified atom stereocenters. The van der Waals surface area contributed by atoms with Crippen molar-refractivity contribution in [3.63, 3.8) is 0 Å². The fraction of sp³-hybridized carbons (Fsp3) is 0.818. The summed E-state index contributed by atoms with van der Waals surface area (Å²) in [6.45, 7) is 2.19. The fourth-order valence-corrected chi connectivity index (χ4v) is 2.23. The molecule has 76 valence electrons. The summed E-state index contributed by atoms with van der Waals surface area (Å²) in [6, 6.07) is 0. The summed E-state index contributed by atoms with van der Waals surface area (Å²) >= 11 is 0. The molecule has 0 heterocycles. The summed E-state index contributed by atoms with van der Waals surface area (Å²) in [5.41, 5.74) is 0. The van der Waals surface area contributed by atoms with Gasteiger partial charge in [-0.25, -0.2) is 0 Å². The Kier molecular flexibility index (Phi) is 4.40. The van der Waals surface area contributed by atoms with Crippen LogP contribution in [0.2, 0.25) is 0 Å². The van der Waals surface area contributed by atoms with Crippen LogP contribution in [-0.2, 0) is 0 Å². The van der Waals surface area contributed by atoms with E-state index >= 15 is 0 Å². The van der Waals surface area contributed by atoms with Gasteiger partial charge in [0, 0.05) is 0 Å². The van der Waals surface area contributed by atoms with Crippen molar-refractivity contribution in [1.29, 1.82) is 0 Å². The average Bonchev–Trinajstić information content (AvgIpc) is 2.08. The van der Waals surface area contributed by atoms with Gasteiger partial charge in [-0.1, -0.05) is 19.8 Å². The highest BCUT2D eigenvalue weighted by molar-refractivity contribution is 4.90. The maximum absolute atomic E-state index is 11.9. The van der Waals surface area contributed by atoms with Gasteiger partial charge in [-0.3, -0.25) is 0 Å². The summed E-state index contributed by atoms with van der Waals surface area (Å²) in [4.78, 5) is 0. The van der Waals surface area contributed by atoms with Gasteiger partial charge in [-0.2, -0.15) is 8.78 Å². The Morgan fingerprint density at radius 1 is 1.23 bits per heavy atom. The molecule has 1 fully saturated rings. The first kappa shape index (κ1) is 10.7. The first-order valence-corrected chi connectivity index (χ1v) is 5.25. The van der Waals surface area contributed by atoms with Crippen molar-refractivity contribution in [2.75, 3.05) is 0 Å². The third-order valence-corrected chi connectivity index (χ3v) is 2.95. The zero-order chi connectivity index (χ0) is 9.68. The first-order chi connectivity index (χ1) is 6.22. The predicted molar refractivity (Wildman–Crippen MR) is 50.7 cm³/mol. The monoisotopic (exact) mass is 188 g/mol. The Morgan fingerprint density at radius 3 is 2.31 bits per heavy atom. The lowest BCUT2D eigenvalue weighted by molar-refractivity contribution is 0.286. The minimum absolute atomic E-state index is 0.151. The van der Waals surface area contributed by atoms with Crippen LogP contribution in [-0.4, -0.2) is 0 Å². The van der Waals surface area contributed by atoms with E-state index in [0.717, 1.165) is 37.7 Å². The number of halogens is 2. The van der Waals surface area contributed by atoms with Crippen LogP contribution >= 0.6 is 0 Å². The molecule has 0 aliphatic heterocycles. The summed E-state index contributed by atoms with van der Waals surface area (Å²) in [5.74, 6) is 0.954. The molecule has 1 aliphatic carbocycles. The zero-order valence-electron chi connectivity index (χ0n) is 8.23. The normalized spacial score (nSPS) is 28.5. The molecule has 13 heavy (non-hydrogen) atoms. The lowest BCUT2D eigenvalue weighted by atomic mass is 9.80. The summed E-state index contributed by atoms with van der Waals surface area (Å²) < 4.78 is 23.9. The van der Waals surface area contributed by atoms with Gasteiger partial charge in [-0.15, -0.1) is 0 Å². The van der Waals surface area contributed by atoms with Gasteiger partial charge in [0.2, 0.25) is 0 Å². The molecular formula is C11H18F2. The van der Waals surface area contributed by atoms with Gasteiger partial charge >= 0.3 is 0 Å². The fourth-order valence-electron chi connectivity index (χ4n) is 2.23. The van der Waals surface area contributed by atoms with E-state index in [0.29, 0.717) is 0 Å². The molecule has 1 aliphatic rings. The van der Waals surface area contributed by atoms with Gasteiger partial charge in [0.15, 0.2) is 0 Å². The van der Waals surface area contributed by atoms with Gasteiger partial charge < -0.3 is 0 Å². The van der Waals surface area contributed by atoms with Gasteiger partial charge in [0.1, 0.15) is 0 Å². The van der Waals surface area contributed by atoms with Crippen LogP contribution in [0, 0.1) is 11.8 Å². The molecule has 0 amide bonds. The number of hydrogen-bond acceptors (Lipinski definition) is 0. The van der Waals surface area contributed by atoms with E-state index in [9.17, 15) is 8.78 Å². The second kappa shape index (κ2) is 5.36. The maximum atomic E-state index is 11.9. The van der Waals surface area contributed by atoms with Crippen LogP contribution in [0.25, 0.3) is 0 Å². The van der Waals surface area contributed by atoms with Gasteiger partial charge in [0.25, 0.3) is 6.08 Å². The highest BCUT2D eigenvalue weighted by Gasteiger charge is 2.19. The minimum atomic E-state index is -1.50. The molecule has 1 rings (SSSR count). The van der Waals surface area contributed by atoms with E-state index in [4.69, 9.17) is 0 Å². The quantitative estimate of drug-likeness (QED) is 0.616. The van der Waals surface area contributed by atoms with Crippen molar-refractivity contribution in [1.82, 2.24) is 0 Å². The van der Waals surface area contributed by atoms with Gasteiger partial charge in [-0.05, 0) is 43.6 Å². The highest BCUT2D eigenvalue weighted by atomic mass is 19.3. The Labute approximate surface area is 79.0 Å². The molecule has 0 nitrogen and oxygen atoms in total. The molecule has 2 heteroatoms. The molecule has 0 saturated heterocycles. The lowest BCUT2D eigenvalue weighted by Gasteiger charge is -2.25. The molecule has 0 N–H and O–H groups in total. The van der Waals surface area contributed by atoms with E-state index in [-0.39, 0.29) is 5.92 Å². The van der Waals surface area contributed by atoms with E-state index in [1.54, 1.807) is 0 Å². The third-order valence-electron chi connectivity index (χ3n) is 2.95. The predicted octanol–water partition coefficient (Wildman–Crippen LogP) is 4.37. The van der Waals surface area contributed by atoms with E-state index < -0.39 is 6.08 Å². The van der Waals surface area contributed by atoms with E-state index in [1.165, 1.54) is 12.8 Å². The standard InChI is InChI=1S/C11H18F2/c1-2-3-9-4-6-10(7-5-9)8-11(12)13/h8-10H,2-7H2,1H3. The number of rotatable bonds is 3. The molecule has 0 radical (unpaired) electrons. The number of allylic oxidation sites excluding steroid dienone is 1. The molecule has 0 spiro atoms. The summed E-state index contributed by atoms with van der Waals surface area (Å²) in [6.07, 6.45) is 6.34. The minimum Gasteiger partial charge on any atom is -0.174 e. The van der Waals surface area contributed by atoms with Crippen molar-refractivity contribution in [3.8, 4) is 0 Å². The van der Waals surface area contributed by atoms with Crippen molar-refractivity contribution in [2.45, 2.75) is 45.4 Å². The van der Waals surface area contributed by atoms with Crippen molar-refractivity contribution >= 4 is 0 Å². The number of hydrogen-bond donors (Lipinski definition) is 0. The van der Waals surface area contributed by atoms with Crippen LogP contribution in [0.1, 0.15) is 45.4 Å². The van der Waals surface area contributed by atoms with Crippen molar-refractivity contribution in [2.24, 2.45) is 11.8 Å². The van der Waals surface area contributed by atoms with Crippen LogP contribution in [0.5, 0.6) is 0 Å². The van der Waals surface area contributed by atoms with Gasteiger partial charge in [0.05, 0.1) is 0 Å². The van der Waals surface area contributed by atoms with Crippen LogP contribution < -0.4 is 0 Å². The van der Waals surface area contributed by atoms with E-state index in [1.807, 2.05) is 0 Å². The van der Waals surface area contributed by atoms with Crippen molar-refractivity contribution in [3.05, 3.63) is 12.2 Å². The largest absolute Gasteiger partial charge is 0.266 e. The Hall–Kier alpha value is -0.400. The Balaban J connectivity index is 2.26. The van der Waals surface area contributed by atoms with Crippen LogP contribution in [0.15, 0.2) is 12.2 Å². The second-order valence-electron chi connectivity index (χ2n) is 4.03. The first-order valence-electron chi connectivity index (χ1n) is 5.25. The summed E-state index contributed by atoms with van der Waals surface area (Å²) in [5, 5.41) is 0. The molecule has 0 bridgehead atoms. The molecule has 0 aromatic heterocycles. The summed E-state index contributed by atoms with van der Waals surface area (Å²) in [7, 11) is 0. The van der Waals surface area contributed by atoms with Crippen LogP contribution in [0.3, 0.4) is 0 Å². The molecule has 1 saturated carbocycles. The maximum Gasteiger partial charge on any atom is 0.266 e. The smallest absolute Gasteiger partial charge is 0.174 e.